The number of carbonyl (C=O) groups excluding carboxylic acids is 2. The average molecular weight is 392 g/mol. The van der Waals surface area contributed by atoms with Crippen molar-refractivity contribution in [3.8, 4) is 5.75 Å². The van der Waals surface area contributed by atoms with E-state index in [9.17, 15) is 14.7 Å². The molecule has 0 amide bonds. The zero-order valence-electron chi connectivity index (χ0n) is 18.3. The van der Waals surface area contributed by atoms with Gasteiger partial charge in [0.15, 0.2) is 5.78 Å². The van der Waals surface area contributed by atoms with Crippen molar-refractivity contribution in [2.75, 3.05) is 7.05 Å². The lowest BCUT2D eigenvalue weighted by molar-refractivity contribution is 0.0947. The summed E-state index contributed by atoms with van der Waals surface area (Å²) in [6.45, 7) is 12.1. The minimum absolute atomic E-state index is 0.133. The number of Topliss-reactive ketones (excluding diaryl/α,β-unsaturated/α-hetero) is 2. The van der Waals surface area contributed by atoms with Crippen LogP contribution in [0.15, 0.2) is 41.4 Å². The fourth-order valence-electron chi connectivity index (χ4n) is 3.95. The maximum atomic E-state index is 13.4. The Bertz CT molecular complexity index is 998. The van der Waals surface area contributed by atoms with Gasteiger partial charge in [-0.15, -0.1) is 0 Å². The van der Waals surface area contributed by atoms with Gasteiger partial charge in [0.2, 0.25) is 5.78 Å². The summed E-state index contributed by atoms with van der Waals surface area (Å²) in [7, 11) is 1.55. The van der Waals surface area contributed by atoms with Gasteiger partial charge in [-0.3, -0.25) is 14.6 Å². The lowest BCUT2D eigenvalue weighted by Crippen LogP contribution is -2.36. The first-order chi connectivity index (χ1) is 13.4. The minimum atomic E-state index is -0.773. The average Bonchev–Trinajstić information content (AvgIpc) is 2.63. The van der Waals surface area contributed by atoms with E-state index in [0.29, 0.717) is 16.7 Å². The van der Waals surface area contributed by atoms with E-state index >= 15 is 0 Å². The van der Waals surface area contributed by atoms with Gasteiger partial charge in [0, 0.05) is 18.2 Å². The number of hydrogen-bond donors (Lipinski definition) is 1. The number of rotatable bonds is 1. The minimum Gasteiger partial charge on any atom is -0.507 e. The first kappa shape index (κ1) is 21.0. The van der Waals surface area contributed by atoms with E-state index in [-0.39, 0.29) is 33.9 Å². The number of aliphatic imine (C=N–C) groups is 1. The van der Waals surface area contributed by atoms with Crippen molar-refractivity contribution in [3.05, 3.63) is 64.2 Å². The summed E-state index contributed by atoms with van der Waals surface area (Å²) in [5.74, 6) is -0.870. The number of nitrogens with zero attached hydrogens (tertiary/aromatic N) is 1. The molecule has 4 heteroatoms. The van der Waals surface area contributed by atoms with E-state index in [1.807, 2.05) is 53.7 Å². The Morgan fingerprint density at radius 3 is 1.79 bits per heavy atom. The second-order valence-corrected chi connectivity index (χ2v) is 9.75. The zero-order chi connectivity index (χ0) is 21.7. The fraction of sp³-hybridized carbons (Fsp3) is 0.400. The summed E-state index contributed by atoms with van der Waals surface area (Å²) >= 11 is 0. The van der Waals surface area contributed by atoms with Crippen LogP contribution in [-0.4, -0.2) is 29.4 Å². The molecular weight excluding hydrogens is 362 g/mol. The Labute approximate surface area is 172 Å². The molecule has 0 fully saturated rings. The number of benzene rings is 2. The van der Waals surface area contributed by atoms with Gasteiger partial charge < -0.3 is 5.11 Å². The summed E-state index contributed by atoms with van der Waals surface area (Å²) in [6.07, 6.45) is 0. The van der Waals surface area contributed by atoms with E-state index in [1.54, 1.807) is 31.3 Å². The monoisotopic (exact) mass is 391 g/mol. The van der Waals surface area contributed by atoms with Crippen molar-refractivity contribution < 1.29 is 14.7 Å². The smallest absolute Gasteiger partial charge is 0.208 e. The first-order valence-electron chi connectivity index (χ1n) is 9.90. The molecule has 2 aromatic rings. The molecule has 2 aromatic carbocycles. The third kappa shape index (κ3) is 3.52. The van der Waals surface area contributed by atoms with Crippen LogP contribution in [0.2, 0.25) is 0 Å². The van der Waals surface area contributed by atoms with E-state index in [1.165, 1.54) is 0 Å². The molecule has 29 heavy (non-hydrogen) atoms. The highest BCUT2D eigenvalue weighted by Gasteiger charge is 2.40. The molecule has 0 spiro atoms. The van der Waals surface area contributed by atoms with Crippen LogP contribution in [0, 0.1) is 0 Å². The van der Waals surface area contributed by atoms with Crippen LogP contribution in [0.5, 0.6) is 5.75 Å². The van der Waals surface area contributed by atoms with Gasteiger partial charge in [0.1, 0.15) is 5.75 Å². The molecule has 0 aliphatic heterocycles. The van der Waals surface area contributed by atoms with Gasteiger partial charge in [-0.05, 0) is 27.5 Å². The normalized spacial score (nSPS) is 18.9. The summed E-state index contributed by atoms with van der Waals surface area (Å²) in [4.78, 5) is 30.7. The molecule has 1 atom stereocenters. The van der Waals surface area contributed by atoms with Crippen LogP contribution in [0.4, 0.5) is 0 Å². The highest BCUT2D eigenvalue weighted by Crippen LogP contribution is 2.42. The molecule has 0 heterocycles. The number of phenolic OH excluding ortho intramolecular Hbond substituents is 1. The molecule has 0 bridgehead atoms. The van der Waals surface area contributed by atoms with Crippen molar-refractivity contribution >= 4 is 17.3 Å². The zero-order valence-corrected chi connectivity index (χ0v) is 18.3. The molecule has 0 saturated heterocycles. The van der Waals surface area contributed by atoms with Gasteiger partial charge in [-0.25, -0.2) is 0 Å². The van der Waals surface area contributed by atoms with Crippen molar-refractivity contribution in [3.63, 3.8) is 0 Å². The molecule has 0 unspecified atom stereocenters. The number of hydrogen-bond acceptors (Lipinski definition) is 4. The standard InChI is InChI=1S/C25H29NO3/c1-24(2,3)17-12-14(13-18(23(17)29)25(4,5)6)19-20(26-7)22(28)16-11-9-8-10-15(16)21(19)27/h8-13,19,29H,1-7H3/t19-/m1/s1. The molecule has 152 valence electrons. The van der Waals surface area contributed by atoms with Crippen LogP contribution in [-0.2, 0) is 10.8 Å². The Morgan fingerprint density at radius 2 is 1.34 bits per heavy atom. The van der Waals surface area contributed by atoms with E-state index < -0.39 is 5.92 Å². The number of fused-ring (bicyclic) bond motifs is 1. The molecule has 4 nitrogen and oxygen atoms in total. The molecule has 0 saturated carbocycles. The van der Waals surface area contributed by atoms with E-state index in [0.717, 1.165) is 11.1 Å². The molecule has 1 aliphatic rings. The van der Waals surface area contributed by atoms with Crippen LogP contribution in [0.1, 0.15) is 84.9 Å². The second-order valence-electron chi connectivity index (χ2n) is 9.75. The van der Waals surface area contributed by atoms with Crippen molar-refractivity contribution in [2.45, 2.75) is 58.3 Å². The summed E-state index contributed by atoms with van der Waals surface area (Å²) in [6, 6.07) is 10.6. The van der Waals surface area contributed by atoms with Gasteiger partial charge >= 0.3 is 0 Å². The Morgan fingerprint density at radius 1 is 0.862 bits per heavy atom. The SMILES string of the molecule is CN=C1C(=O)c2ccccc2C(=O)[C@@H]1c1cc(C(C)(C)C)c(O)c(C(C)(C)C)c1. The Hall–Kier alpha value is -2.75. The molecular formula is C25H29NO3. The predicted octanol–water partition coefficient (Wildman–Crippen LogP) is 5.22. The van der Waals surface area contributed by atoms with Gasteiger partial charge in [-0.2, -0.15) is 0 Å². The lowest BCUT2D eigenvalue weighted by atomic mass is 9.72. The first-order valence-corrected chi connectivity index (χ1v) is 9.90. The quantitative estimate of drug-likeness (QED) is 0.725. The summed E-state index contributed by atoms with van der Waals surface area (Å²) in [5.41, 5.74) is 2.64. The third-order valence-corrected chi connectivity index (χ3v) is 5.53. The van der Waals surface area contributed by atoms with Crippen LogP contribution in [0.25, 0.3) is 0 Å². The number of aromatic hydroxyl groups is 1. The molecule has 0 aromatic heterocycles. The van der Waals surface area contributed by atoms with Crippen LogP contribution >= 0.6 is 0 Å². The maximum Gasteiger partial charge on any atom is 0.208 e. The van der Waals surface area contributed by atoms with Gasteiger partial charge in [0.05, 0.1) is 11.6 Å². The second kappa shape index (κ2) is 6.94. The lowest BCUT2D eigenvalue weighted by Gasteiger charge is -2.31. The number of phenols is 1. The van der Waals surface area contributed by atoms with Crippen LogP contribution in [0.3, 0.4) is 0 Å². The summed E-state index contributed by atoms with van der Waals surface area (Å²) in [5, 5.41) is 11.0. The predicted molar refractivity (Wildman–Crippen MR) is 117 cm³/mol. The van der Waals surface area contributed by atoms with Crippen molar-refractivity contribution in [1.82, 2.24) is 0 Å². The Kier molecular flexibility index (Phi) is 5.02. The number of ketones is 2. The topological polar surface area (TPSA) is 66.7 Å². The summed E-state index contributed by atoms with van der Waals surface area (Å²) < 4.78 is 0. The largest absolute Gasteiger partial charge is 0.507 e. The fourth-order valence-corrected chi connectivity index (χ4v) is 3.95. The highest BCUT2D eigenvalue weighted by molar-refractivity contribution is 6.55. The van der Waals surface area contributed by atoms with E-state index in [2.05, 4.69) is 4.99 Å². The van der Waals surface area contributed by atoms with Crippen molar-refractivity contribution in [2.24, 2.45) is 4.99 Å². The maximum absolute atomic E-state index is 13.4. The number of carbonyl (C=O) groups is 2. The van der Waals surface area contributed by atoms with Gasteiger partial charge in [-0.1, -0.05) is 77.9 Å². The van der Waals surface area contributed by atoms with Gasteiger partial charge in [0.25, 0.3) is 0 Å². The molecule has 3 rings (SSSR count). The highest BCUT2D eigenvalue weighted by atomic mass is 16.3. The van der Waals surface area contributed by atoms with Crippen molar-refractivity contribution in [1.29, 1.82) is 0 Å². The molecule has 1 N–H and O–H groups in total. The molecule has 0 radical (unpaired) electrons. The Balaban J connectivity index is 2.32. The third-order valence-electron chi connectivity index (χ3n) is 5.53. The van der Waals surface area contributed by atoms with E-state index in [4.69, 9.17) is 0 Å². The molecule has 1 aliphatic carbocycles. The van der Waals surface area contributed by atoms with Crippen LogP contribution < -0.4 is 0 Å².